The lowest BCUT2D eigenvalue weighted by atomic mass is 10.2. The van der Waals surface area contributed by atoms with Crippen molar-refractivity contribution in [2.24, 2.45) is 0 Å². The van der Waals surface area contributed by atoms with Crippen molar-refractivity contribution in [3.05, 3.63) is 40.7 Å². The largest absolute Gasteiger partial charge is 0.416 e. The van der Waals surface area contributed by atoms with Crippen molar-refractivity contribution < 1.29 is 13.2 Å². The molecule has 0 aliphatic carbocycles. The monoisotopic (exact) mass is 323 g/mol. The summed E-state index contributed by atoms with van der Waals surface area (Å²) < 4.78 is 39.0. The first-order valence-electron chi connectivity index (χ1n) is 5.76. The zero-order valence-corrected chi connectivity index (χ0v) is 11.7. The molecular weight excluding hydrogens is 314 g/mol. The Morgan fingerprint density at radius 3 is 2.60 bits per heavy atom. The minimum absolute atomic E-state index is 0.0337. The van der Waals surface area contributed by atoms with Crippen LogP contribution in [0.25, 0.3) is 5.69 Å². The fourth-order valence-corrected chi connectivity index (χ4v) is 2.05. The van der Waals surface area contributed by atoms with Crippen molar-refractivity contribution >= 4 is 23.2 Å². The molecule has 20 heavy (non-hydrogen) atoms. The lowest BCUT2D eigenvalue weighted by Gasteiger charge is -2.09. The zero-order valence-electron chi connectivity index (χ0n) is 10.2. The van der Waals surface area contributed by atoms with Gasteiger partial charge in [0.2, 0.25) is 0 Å². The Morgan fingerprint density at radius 1 is 1.25 bits per heavy atom. The highest BCUT2D eigenvalue weighted by Crippen LogP contribution is 2.32. The summed E-state index contributed by atoms with van der Waals surface area (Å²) in [6.07, 6.45) is -1.39. The van der Waals surface area contributed by atoms with E-state index in [1.54, 1.807) is 6.20 Å². The van der Waals surface area contributed by atoms with E-state index in [1.165, 1.54) is 10.7 Å². The smallest absolute Gasteiger partial charge is 0.219 e. The molecule has 0 saturated heterocycles. The van der Waals surface area contributed by atoms with E-state index in [-0.39, 0.29) is 5.02 Å². The minimum atomic E-state index is -4.42. The van der Waals surface area contributed by atoms with Crippen LogP contribution in [-0.4, -0.2) is 20.9 Å². The van der Waals surface area contributed by atoms with Gasteiger partial charge in [0, 0.05) is 5.88 Å². The van der Waals surface area contributed by atoms with Crippen LogP contribution in [0.2, 0.25) is 5.02 Å². The standard InChI is InChI=1S/C12H10Cl2F3N3/c13-5-1-2-9-7-20(19-18-9)11-4-3-8(6-10(11)14)12(15,16)17/h3-4,6-7H,1-2,5H2. The lowest BCUT2D eigenvalue weighted by Crippen LogP contribution is -2.06. The normalized spacial score (nSPS) is 11.8. The van der Waals surface area contributed by atoms with E-state index in [9.17, 15) is 13.2 Å². The zero-order chi connectivity index (χ0) is 14.8. The van der Waals surface area contributed by atoms with Crippen LogP contribution in [-0.2, 0) is 12.6 Å². The summed E-state index contributed by atoms with van der Waals surface area (Å²) in [6, 6.07) is 3.10. The molecule has 1 aromatic carbocycles. The van der Waals surface area contributed by atoms with Crippen molar-refractivity contribution in [1.29, 1.82) is 0 Å². The van der Waals surface area contributed by atoms with Crippen LogP contribution < -0.4 is 0 Å². The van der Waals surface area contributed by atoms with Crippen molar-refractivity contribution in [1.82, 2.24) is 15.0 Å². The first kappa shape index (κ1) is 15.1. The van der Waals surface area contributed by atoms with E-state index < -0.39 is 11.7 Å². The average molecular weight is 324 g/mol. The number of rotatable bonds is 4. The molecule has 1 heterocycles. The van der Waals surface area contributed by atoms with E-state index in [1.807, 2.05) is 0 Å². The molecule has 108 valence electrons. The number of nitrogens with zero attached hydrogens (tertiary/aromatic N) is 3. The fraction of sp³-hybridized carbons (Fsp3) is 0.333. The third kappa shape index (κ3) is 3.43. The summed E-state index contributed by atoms with van der Waals surface area (Å²) in [6.45, 7) is 0. The quantitative estimate of drug-likeness (QED) is 0.793. The maximum Gasteiger partial charge on any atom is 0.416 e. The van der Waals surface area contributed by atoms with Gasteiger partial charge in [-0.25, -0.2) is 4.68 Å². The molecule has 0 unspecified atom stereocenters. The lowest BCUT2D eigenvalue weighted by molar-refractivity contribution is -0.137. The second-order valence-electron chi connectivity index (χ2n) is 4.11. The van der Waals surface area contributed by atoms with E-state index in [0.29, 0.717) is 23.7 Å². The van der Waals surface area contributed by atoms with E-state index in [4.69, 9.17) is 23.2 Å². The summed E-state index contributed by atoms with van der Waals surface area (Å²) in [7, 11) is 0. The number of hydrogen-bond donors (Lipinski definition) is 0. The van der Waals surface area contributed by atoms with Gasteiger partial charge in [0.15, 0.2) is 0 Å². The molecule has 0 spiro atoms. The molecule has 0 aliphatic rings. The first-order valence-corrected chi connectivity index (χ1v) is 6.67. The Balaban J connectivity index is 2.27. The Hall–Kier alpha value is -1.27. The van der Waals surface area contributed by atoms with Gasteiger partial charge in [0.1, 0.15) is 0 Å². The Kier molecular flexibility index (Phi) is 4.55. The first-order chi connectivity index (χ1) is 9.41. The van der Waals surface area contributed by atoms with Gasteiger partial charge in [0.25, 0.3) is 0 Å². The molecule has 1 aromatic heterocycles. The molecule has 2 rings (SSSR count). The fourth-order valence-electron chi connectivity index (χ4n) is 1.65. The number of halogens is 5. The summed E-state index contributed by atoms with van der Waals surface area (Å²) in [5.74, 6) is 0.508. The minimum Gasteiger partial charge on any atom is -0.219 e. The number of hydrogen-bond acceptors (Lipinski definition) is 2. The highest BCUT2D eigenvalue weighted by atomic mass is 35.5. The number of benzene rings is 1. The topological polar surface area (TPSA) is 30.7 Å². The predicted molar refractivity (Wildman–Crippen MR) is 70.4 cm³/mol. The van der Waals surface area contributed by atoms with Crippen molar-refractivity contribution in [3.8, 4) is 5.69 Å². The van der Waals surface area contributed by atoms with Gasteiger partial charge < -0.3 is 0 Å². The number of aryl methyl sites for hydroxylation is 1. The van der Waals surface area contributed by atoms with Crippen LogP contribution >= 0.6 is 23.2 Å². The van der Waals surface area contributed by atoms with Crippen LogP contribution in [0.15, 0.2) is 24.4 Å². The van der Waals surface area contributed by atoms with E-state index in [0.717, 1.165) is 18.6 Å². The molecular formula is C12H10Cl2F3N3. The maximum absolute atomic E-state index is 12.5. The Labute approximate surface area is 123 Å². The molecule has 0 amide bonds. The molecule has 0 fully saturated rings. The van der Waals surface area contributed by atoms with Crippen LogP contribution in [0.5, 0.6) is 0 Å². The van der Waals surface area contributed by atoms with E-state index >= 15 is 0 Å². The molecule has 2 aromatic rings. The summed E-state index contributed by atoms with van der Waals surface area (Å²) in [5, 5.41) is 7.73. The third-order valence-corrected chi connectivity index (χ3v) is 3.20. The number of alkyl halides is 4. The Morgan fingerprint density at radius 2 is 2.00 bits per heavy atom. The molecule has 0 aliphatic heterocycles. The van der Waals surface area contributed by atoms with E-state index in [2.05, 4.69) is 10.3 Å². The van der Waals surface area contributed by atoms with Gasteiger partial charge in [0.05, 0.1) is 28.2 Å². The van der Waals surface area contributed by atoms with Gasteiger partial charge in [-0.05, 0) is 31.0 Å². The average Bonchev–Trinajstić information content (AvgIpc) is 2.83. The molecule has 0 N–H and O–H groups in total. The summed E-state index contributed by atoms with van der Waals surface area (Å²) in [4.78, 5) is 0. The maximum atomic E-state index is 12.5. The van der Waals surface area contributed by atoms with Crippen LogP contribution in [0.4, 0.5) is 13.2 Å². The van der Waals surface area contributed by atoms with Gasteiger partial charge in [-0.2, -0.15) is 13.2 Å². The van der Waals surface area contributed by atoms with Crippen LogP contribution in [0.3, 0.4) is 0 Å². The predicted octanol–water partition coefficient (Wildman–Crippen LogP) is 4.11. The highest BCUT2D eigenvalue weighted by Gasteiger charge is 2.31. The van der Waals surface area contributed by atoms with Gasteiger partial charge >= 0.3 is 6.18 Å². The van der Waals surface area contributed by atoms with Gasteiger partial charge in [-0.15, -0.1) is 16.7 Å². The second-order valence-corrected chi connectivity index (χ2v) is 4.90. The van der Waals surface area contributed by atoms with Crippen LogP contribution in [0, 0.1) is 0 Å². The summed E-state index contributed by atoms with van der Waals surface area (Å²) in [5.41, 5.74) is 0.264. The molecule has 3 nitrogen and oxygen atoms in total. The molecule has 0 atom stereocenters. The number of aromatic nitrogens is 3. The molecule has 0 saturated carbocycles. The van der Waals surface area contributed by atoms with Crippen molar-refractivity contribution in [2.45, 2.75) is 19.0 Å². The molecule has 0 bridgehead atoms. The van der Waals surface area contributed by atoms with Gasteiger partial charge in [-0.3, -0.25) is 0 Å². The van der Waals surface area contributed by atoms with Crippen molar-refractivity contribution in [2.75, 3.05) is 5.88 Å². The highest BCUT2D eigenvalue weighted by molar-refractivity contribution is 6.32. The molecule has 8 heteroatoms. The summed E-state index contributed by atoms with van der Waals surface area (Å²) >= 11 is 11.5. The van der Waals surface area contributed by atoms with Crippen molar-refractivity contribution in [3.63, 3.8) is 0 Å². The second kappa shape index (κ2) is 6.01. The Bertz CT molecular complexity index is 596. The molecule has 0 radical (unpaired) electrons. The van der Waals surface area contributed by atoms with Crippen LogP contribution in [0.1, 0.15) is 17.7 Å². The SMILES string of the molecule is FC(F)(F)c1ccc(-n2cc(CCCCl)nn2)c(Cl)c1. The third-order valence-electron chi connectivity index (χ3n) is 2.63. The van der Waals surface area contributed by atoms with Gasteiger partial charge in [-0.1, -0.05) is 16.8 Å².